The van der Waals surface area contributed by atoms with Gasteiger partial charge in [0, 0.05) is 24.9 Å². The number of hydrogen-bond acceptors (Lipinski definition) is 6. The third-order valence-electron chi connectivity index (χ3n) is 4.82. The monoisotopic (exact) mass is 381 g/mol. The molecular weight excluding hydrogens is 358 g/mol. The highest BCUT2D eigenvalue weighted by atomic mass is 16.5. The molecule has 28 heavy (non-hydrogen) atoms. The maximum absolute atomic E-state index is 12.2. The van der Waals surface area contributed by atoms with Crippen molar-refractivity contribution in [1.29, 1.82) is 0 Å². The highest BCUT2D eigenvalue weighted by molar-refractivity contribution is 5.76. The maximum atomic E-state index is 12.2. The molecule has 0 unspecified atom stereocenters. The summed E-state index contributed by atoms with van der Waals surface area (Å²) in [6.45, 7) is 0.434. The van der Waals surface area contributed by atoms with E-state index in [2.05, 4.69) is 15.5 Å². The molecule has 0 radical (unpaired) electrons. The van der Waals surface area contributed by atoms with E-state index in [1.54, 1.807) is 18.4 Å². The molecule has 2 aromatic heterocycles. The van der Waals surface area contributed by atoms with Crippen LogP contribution in [-0.4, -0.2) is 22.2 Å². The largest absolute Gasteiger partial charge is 0.490 e. The second-order valence-electron chi connectivity index (χ2n) is 6.90. The molecule has 0 atom stereocenters. The molecule has 7 heteroatoms. The molecule has 1 saturated carbocycles. The predicted octanol–water partition coefficient (Wildman–Crippen LogP) is 3.90. The van der Waals surface area contributed by atoms with Gasteiger partial charge in [-0.05, 0) is 43.9 Å². The topological polar surface area (TPSA) is 90.4 Å². The molecule has 1 aromatic carbocycles. The van der Waals surface area contributed by atoms with E-state index in [-0.39, 0.29) is 18.4 Å². The smallest absolute Gasteiger partial charge is 0.238 e. The Hall–Kier alpha value is -3.09. The van der Waals surface area contributed by atoms with Crippen molar-refractivity contribution in [3.8, 4) is 17.3 Å². The number of rotatable bonds is 8. The van der Waals surface area contributed by atoms with Crippen molar-refractivity contribution in [2.24, 2.45) is 0 Å². The maximum Gasteiger partial charge on any atom is 0.238 e. The summed E-state index contributed by atoms with van der Waals surface area (Å²) in [6.07, 6.45) is 7.13. The van der Waals surface area contributed by atoms with E-state index in [4.69, 9.17) is 13.7 Å². The molecule has 7 nitrogen and oxygen atoms in total. The van der Waals surface area contributed by atoms with Gasteiger partial charge in [0.15, 0.2) is 5.76 Å². The van der Waals surface area contributed by atoms with Crippen molar-refractivity contribution in [2.45, 2.75) is 51.2 Å². The minimum Gasteiger partial charge on any atom is -0.490 e. The molecule has 1 amide bonds. The van der Waals surface area contributed by atoms with Crippen molar-refractivity contribution in [1.82, 2.24) is 15.5 Å². The minimum atomic E-state index is -0.0755. The van der Waals surface area contributed by atoms with Crippen molar-refractivity contribution in [3.05, 3.63) is 54.1 Å². The molecule has 0 aliphatic heterocycles. The average Bonchev–Trinajstić information content (AvgIpc) is 3.48. The first-order valence-electron chi connectivity index (χ1n) is 9.65. The number of carbonyl (C=O) groups excluding carboxylic acids is 1. The summed E-state index contributed by atoms with van der Waals surface area (Å²) in [6, 6.07) is 11.4. The number of benzene rings is 1. The number of carbonyl (C=O) groups is 1. The molecule has 1 aliphatic carbocycles. The van der Waals surface area contributed by atoms with Gasteiger partial charge in [-0.1, -0.05) is 23.4 Å². The summed E-state index contributed by atoms with van der Waals surface area (Å²) in [4.78, 5) is 16.5. The Morgan fingerprint density at radius 1 is 1.18 bits per heavy atom. The van der Waals surface area contributed by atoms with Crippen LogP contribution in [-0.2, 0) is 17.8 Å². The van der Waals surface area contributed by atoms with Gasteiger partial charge in [-0.2, -0.15) is 4.98 Å². The highest BCUT2D eigenvalue weighted by Crippen LogP contribution is 2.26. The summed E-state index contributed by atoms with van der Waals surface area (Å²) < 4.78 is 16.5. The fraction of sp³-hybridized carbons (Fsp3) is 0.381. The summed E-state index contributed by atoms with van der Waals surface area (Å²) in [7, 11) is 0. The van der Waals surface area contributed by atoms with Gasteiger partial charge in [-0.3, -0.25) is 4.79 Å². The summed E-state index contributed by atoms with van der Waals surface area (Å²) in [5.74, 6) is 2.12. The number of para-hydroxylation sites is 1. The molecular formula is C21H23N3O4. The third-order valence-corrected chi connectivity index (χ3v) is 4.82. The molecule has 3 aromatic rings. The number of aromatic nitrogens is 2. The van der Waals surface area contributed by atoms with Crippen LogP contribution in [0.5, 0.6) is 5.75 Å². The van der Waals surface area contributed by atoms with E-state index < -0.39 is 0 Å². The lowest BCUT2D eigenvalue weighted by Crippen LogP contribution is -2.24. The lowest BCUT2D eigenvalue weighted by atomic mass is 10.2. The van der Waals surface area contributed by atoms with Crippen LogP contribution < -0.4 is 10.1 Å². The highest BCUT2D eigenvalue weighted by Gasteiger charge is 2.18. The van der Waals surface area contributed by atoms with E-state index in [1.165, 1.54) is 12.8 Å². The number of ether oxygens (including phenoxy) is 1. The number of nitrogens with one attached hydrogen (secondary N) is 1. The molecule has 1 fully saturated rings. The molecule has 0 spiro atoms. The van der Waals surface area contributed by atoms with Gasteiger partial charge in [0.2, 0.25) is 17.6 Å². The second-order valence-corrected chi connectivity index (χ2v) is 6.90. The number of aryl methyl sites for hydroxylation is 1. The number of hydrogen-bond donors (Lipinski definition) is 1. The van der Waals surface area contributed by atoms with Crippen LogP contribution in [0.15, 0.2) is 51.6 Å². The van der Waals surface area contributed by atoms with Crippen LogP contribution >= 0.6 is 0 Å². The van der Waals surface area contributed by atoms with Gasteiger partial charge in [-0.15, -0.1) is 0 Å². The molecule has 4 rings (SSSR count). The van der Waals surface area contributed by atoms with E-state index in [9.17, 15) is 4.79 Å². The van der Waals surface area contributed by atoms with Gasteiger partial charge in [0.25, 0.3) is 0 Å². The molecule has 1 N–H and O–H groups in total. The van der Waals surface area contributed by atoms with E-state index >= 15 is 0 Å². The third kappa shape index (κ3) is 4.60. The van der Waals surface area contributed by atoms with Crippen LogP contribution in [0.3, 0.4) is 0 Å². The standard InChI is InChI=1S/C21H23N3O4/c25-19(11-12-20-23-21(24-28-20)18-10-5-13-26-18)22-14-15-6-1-4-9-17(15)27-16-7-2-3-8-16/h1,4-6,9-10,13,16H,2-3,7-8,11-12,14H2,(H,22,25). The van der Waals surface area contributed by atoms with Crippen LogP contribution in [0, 0.1) is 0 Å². The molecule has 1 aliphatic rings. The Bertz CT molecular complexity index is 898. The zero-order valence-corrected chi connectivity index (χ0v) is 15.6. The first-order valence-corrected chi connectivity index (χ1v) is 9.65. The normalized spacial score (nSPS) is 14.3. The number of furan rings is 1. The Balaban J connectivity index is 1.27. The summed E-state index contributed by atoms with van der Waals surface area (Å²) in [5, 5.41) is 6.80. The average molecular weight is 381 g/mol. The van der Waals surface area contributed by atoms with Crippen LogP contribution in [0.25, 0.3) is 11.6 Å². The van der Waals surface area contributed by atoms with Gasteiger partial charge in [0.05, 0.1) is 12.4 Å². The minimum absolute atomic E-state index is 0.0755. The Kier molecular flexibility index (Phi) is 5.70. The van der Waals surface area contributed by atoms with Crippen molar-refractivity contribution < 1.29 is 18.5 Å². The van der Waals surface area contributed by atoms with E-state index in [0.29, 0.717) is 30.4 Å². The molecule has 146 valence electrons. The van der Waals surface area contributed by atoms with Gasteiger partial charge < -0.3 is 19.0 Å². The van der Waals surface area contributed by atoms with Crippen molar-refractivity contribution in [2.75, 3.05) is 0 Å². The second kappa shape index (κ2) is 8.73. The molecule has 2 heterocycles. The van der Waals surface area contributed by atoms with Crippen molar-refractivity contribution >= 4 is 5.91 Å². The fourth-order valence-electron chi connectivity index (χ4n) is 3.32. The van der Waals surface area contributed by atoms with Gasteiger partial charge >= 0.3 is 0 Å². The SMILES string of the molecule is O=C(CCc1nc(-c2ccco2)no1)NCc1ccccc1OC1CCCC1. The van der Waals surface area contributed by atoms with E-state index in [0.717, 1.165) is 24.2 Å². The zero-order chi connectivity index (χ0) is 19.2. The Morgan fingerprint density at radius 3 is 2.86 bits per heavy atom. The van der Waals surface area contributed by atoms with Gasteiger partial charge in [0.1, 0.15) is 5.75 Å². The first-order chi connectivity index (χ1) is 13.8. The predicted molar refractivity (Wildman–Crippen MR) is 101 cm³/mol. The summed E-state index contributed by atoms with van der Waals surface area (Å²) in [5.41, 5.74) is 0.987. The zero-order valence-electron chi connectivity index (χ0n) is 15.6. The first kappa shape index (κ1) is 18.3. The lowest BCUT2D eigenvalue weighted by Gasteiger charge is -2.16. The van der Waals surface area contributed by atoms with E-state index in [1.807, 2.05) is 24.3 Å². The Labute approximate surface area is 163 Å². The number of amides is 1. The quantitative estimate of drug-likeness (QED) is 0.636. The lowest BCUT2D eigenvalue weighted by molar-refractivity contribution is -0.121. The summed E-state index contributed by atoms with van der Waals surface area (Å²) >= 11 is 0. The molecule has 0 bridgehead atoms. The molecule has 0 saturated heterocycles. The van der Waals surface area contributed by atoms with Crippen molar-refractivity contribution in [3.63, 3.8) is 0 Å². The fourth-order valence-corrected chi connectivity index (χ4v) is 3.32. The Morgan fingerprint density at radius 2 is 2.04 bits per heavy atom. The van der Waals surface area contributed by atoms with Gasteiger partial charge in [-0.25, -0.2) is 0 Å². The van der Waals surface area contributed by atoms with Crippen LogP contribution in [0.1, 0.15) is 43.6 Å². The van der Waals surface area contributed by atoms with Crippen LogP contribution in [0.2, 0.25) is 0 Å². The number of nitrogens with zero attached hydrogens (tertiary/aromatic N) is 2. The van der Waals surface area contributed by atoms with Crippen LogP contribution in [0.4, 0.5) is 0 Å².